The van der Waals surface area contributed by atoms with Gasteiger partial charge in [0.05, 0.1) is 12.6 Å². The molecule has 5 nitrogen and oxygen atoms in total. The molecule has 0 spiro atoms. The molecule has 0 amide bonds. The number of hydrogen-bond acceptors (Lipinski definition) is 3. The van der Waals surface area contributed by atoms with Crippen molar-refractivity contribution in [1.29, 1.82) is 0 Å². The normalized spacial score (nSPS) is 26.2. The van der Waals surface area contributed by atoms with Crippen molar-refractivity contribution in [2.75, 3.05) is 33.3 Å². The second-order valence-electron chi connectivity index (χ2n) is 6.01. The number of ether oxygens (including phenoxy) is 1. The lowest BCUT2D eigenvalue weighted by molar-refractivity contribution is 0.262. The highest BCUT2D eigenvalue weighted by Crippen LogP contribution is 2.31. The number of likely N-dealkylation sites (tertiary alicyclic amines) is 1. The number of benzene rings is 1. The summed E-state index contributed by atoms with van der Waals surface area (Å²) in [5, 5.41) is 3.34. The van der Waals surface area contributed by atoms with E-state index in [2.05, 4.69) is 28.3 Å². The minimum absolute atomic E-state index is 0.199. The summed E-state index contributed by atoms with van der Waals surface area (Å²) < 4.78 is 5.66. The molecule has 2 atom stereocenters. The second kappa shape index (κ2) is 6.35. The minimum atomic E-state index is 0.199. The molecule has 0 radical (unpaired) electrons. The van der Waals surface area contributed by atoms with Crippen molar-refractivity contribution in [2.24, 2.45) is 16.6 Å². The molecule has 2 heterocycles. The number of para-hydroxylation sites is 1. The quantitative estimate of drug-likeness (QED) is 0.651. The first kappa shape index (κ1) is 14.2. The third kappa shape index (κ3) is 3.47. The van der Waals surface area contributed by atoms with E-state index >= 15 is 0 Å². The van der Waals surface area contributed by atoms with Gasteiger partial charge in [-0.25, -0.2) is 0 Å². The van der Waals surface area contributed by atoms with Crippen LogP contribution in [0.2, 0.25) is 0 Å². The Morgan fingerprint density at radius 2 is 2.29 bits per heavy atom. The van der Waals surface area contributed by atoms with E-state index < -0.39 is 0 Å². The molecule has 1 aromatic rings. The van der Waals surface area contributed by atoms with Gasteiger partial charge in [-0.15, -0.1) is 0 Å². The zero-order chi connectivity index (χ0) is 14.7. The van der Waals surface area contributed by atoms with E-state index in [4.69, 9.17) is 10.5 Å². The molecular formula is C16H24N4O. The smallest absolute Gasteiger partial charge is 0.189 e. The third-order valence-corrected chi connectivity index (χ3v) is 4.29. The maximum absolute atomic E-state index is 6.06. The average molecular weight is 288 g/mol. The number of nitrogens with zero attached hydrogens (tertiary/aromatic N) is 2. The van der Waals surface area contributed by atoms with Crippen molar-refractivity contribution >= 4 is 5.96 Å². The summed E-state index contributed by atoms with van der Waals surface area (Å²) >= 11 is 0. The topological polar surface area (TPSA) is 62.9 Å². The molecule has 2 aliphatic heterocycles. The van der Waals surface area contributed by atoms with Crippen molar-refractivity contribution in [3.8, 4) is 5.75 Å². The highest BCUT2D eigenvalue weighted by atomic mass is 16.5. The number of nitrogens with one attached hydrogen (secondary N) is 1. The summed E-state index contributed by atoms with van der Waals surface area (Å²) in [6.45, 7) is 3.82. The van der Waals surface area contributed by atoms with Gasteiger partial charge >= 0.3 is 0 Å². The lowest BCUT2D eigenvalue weighted by Crippen LogP contribution is -2.37. The monoisotopic (exact) mass is 288 g/mol. The van der Waals surface area contributed by atoms with Crippen LogP contribution in [0.5, 0.6) is 5.75 Å². The second-order valence-corrected chi connectivity index (χ2v) is 6.01. The molecule has 1 saturated heterocycles. The predicted octanol–water partition coefficient (Wildman–Crippen LogP) is 1.37. The number of guanidine groups is 1. The molecule has 3 rings (SSSR count). The lowest BCUT2D eigenvalue weighted by Gasteiger charge is -2.27. The fourth-order valence-corrected chi connectivity index (χ4v) is 3.12. The highest BCUT2D eigenvalue weighted by molar-refractivity contribution is 5.78. The number of hydrogen-bond donors (Lipinski definition) is 2. The molecule has 0 aromatic heterocycles. The van der Waals surface area contributed by atoms with Gasteiger partial charge in [-0.1, -0.05) is 18.2 Å². The van der Waals surface area contributed by atoms with Gasteiger partial charge in [0.25, 0.3) is 0 Å². The van der Waals surface area contributed by atoms with Crippen LogP contribution < -0.4 is 15.8 Å². The predicted molar refractivity (Wildman–Crippen MR) is 84.5 cm³/mol. The van der Waals surface area contributed by atoms with E-state index in [1.54, 1.807) is 0 Å². The largest absolute Gasteiger partial charge is 0.493 e. The van der Waals surface area contributed by atoms with Gasteiger partial charge in [-0.05, 0) is 32.0 Å². The van der Waals surface area contributed by atoms with Crippen molar-refractivity contribution in [3.63, 3.8) is 0 Å². The Morgan fingerprint density at radius 1 is 1.43 bits per heavy atom. The summed E-state index contributed by atoms with van der Waals surface area (Å²) in [4.78, 5) is 6.87. The molecule has 3 N–H and O–H groups in total. The fraction of sp³-hybridized carbons (Fsp3) is 0.562. The van der Waals surface area contributed by atoms with Crippen LogP contribution in [0.3, 0.4) is 0 Å². The van der Waals surface area contributed by atoms with E-state index in [1.165, 1.54) is 18.5 Å². The van der Waals surface area contributed by atoms with Crippen molar-refractivity contribution in [1.82, 2.24) is 10.2 Å². The van der Waals surface area contributed by atoms with Crippen molar-refractivity contribution in [2.45, 2.75) is 18.9 Å². The van der Waals surface area contributed by atoms with Gasteiger partial charge in [0.2, 0.25) is 0 Å². The van der Waals surface area contributed by atoms with Crippen LogP contribution in [0.15, 0.2) is 29.3 Å². The first-order valence-corrected chi connectivity index (χ1v) is 7.69. The van der Waals surface area contributed by atoms with Crippen LogP contribution in [0.4, 0.5) is 0 Å². The molecule has 5 heteroatoms. The molecule has 0 aliphatic carbocycles. The number of rotatable bonds is 3. The number of nitrogens with two attached hydrogens (primary N) is 1. The van der Waals surface area contributed by atoms with Crippen molar-refractivity contribution in [3.05, 3.63) is 29.8 Å². The minimum Gasteiger partial charge on any atom is -0.493 e. The molecule has 1 fully saturated rings. The van der Waals surface area contributed by atoms with Crippen molar-refractivity contribution < 1.29 is 4.74 Å². The van der Waals surface area contributed by atoms with E-state index in [1.807, 2.05) is 18.2 Å². The summed E-state index contributed by atoms with van der Waals surface area (Å²) in [7, 11) is 2.16. The van der Waals surface area contributed by atoms with Gasteiger partial charge in [-0.3, -0.25) is 4.99 Å². The zero-order valence-corrected chi connectivity index (χ0v) is 12.6. The molecule has 2 aliphatic rings. The molecular weight excluding hydrogens is 264 g/mol. The maximum Gasteiger partial charge on any atom is 0.189 e. The Kier molecular flexibility index (Phi) is 4.29. The average Bonchev–Trinajstić information content (AvgIpc) is 2.91. The van der Waals surface area contributed by atoms with Crippen LogP contribution >= 0.6 is 0 Å². The number of aliphatic imine (C=N–C) groups is 1. The third-order valence-electron chi connectivity index (χ3n) is 4.29. The molecule has 2 unspecified atom stereocenters. The first-order valence-electron chi connectivity index (χ1n) is 7.69. The standard InChI is InChI=1S/C16H24N4O/c1-20-8-6-12(11-20)10-18-16(17)19-14-7-9-21-15-5-3-2-4-13(14)15/h2-5,12,14H,6-11H2,1H3,(H3,17,18,19). The van der Waals surface area contributed by atoms with E-state index in [0.29, 0.717) is 11.9 Å². The van der Waals surface area contributed by atoms with E-state index in [0.717, 1.165) is 31.9 Å². The van der Waals surface area contributed by atoms with Crippen LogP contribution in [-0.2, 0) is 0 Å². The number of fused-ring (bicyclic) bond motifs is 1. The Labute approximate surface area is 126 Å². The van der Waals surface area contributed by atoms with Gasteiger partial charge in [0, 0.05) is 25.1 Å². The Bertz CT molecular complexity index is 517. The van der Waals surface area contributed by atoms with Crippen LogP contribution in [-0.4, -0.2) is 44.1 Å². The summed E-state index contributed by atoms with van der Waals surface area (Å²) in [6.07, 6.45) is 2.13. The van der Waals surface area contributed by atoms with Gasteiger partial charge in [-0.2, -0.15) is 0 Å². The summed E-state index contributed by atoms with van der Waals surface area (Å²) in [5.41, 5.74) is 7.23. The zero-order valence-electron chi connectivity index (χ0n) is 12.6. The summed E-state index contributed by atoms with van der Waals surface area (Å²) in [6, 6.07) is 8.32. The van der Waals surface area contributed by atoms with Crippen LogP contribution in [0.25, 0.3) is 0 Å². The van der Waals surface area contributed by atoms with E-state index in [9.17, 15) is 0 Å². The van der Waals surface area contributed by atoms with Crippen LogP contribution in [0, 0.1) is 5.92 Å². The Balaban J connectivity index is 1.59. The van der Waals surface area contributed by atoms with Crippen LogP contribution in [0.1, 0.15) is 24.4 Å². The van der Waals surface area contributed by atoms with Gasteiger partial charge < -0.3 is 20.7 Å². The SMILES string of the molecule is CN1CCC(CN=C(N)NC2CCOc3ccccc32)C1. The molecule has 0 saturated carbocycles. The molecule has 0 bridgehead atoms. The van der Waals surface area contributed by atoms with Gasteiger partial charge in [0.1, 0.15) is 5.75 Å². The highest BCUT2D eigenvalue weighted by Gasteiger charge is 2.22. The Morgan fingerprint density at radius 3 is 3.10 bits per heavy atom. The van der Waals surface area contributed by atoms with E-state index in [-0.39, 0.29) is 6.04 Å². The van der Waals surface area contributed by atoms with Gasteiger partial charge in [0.15, 0.2) is 5.96 Å². The lowest BCUT2D eigenvalue weighted by atomic mass is 10.0. The Hall–Kier alpha value is -1.75. The first-order chi connectivity index (χ1) is 10.2. The molecule has 1 aromatic carbocycles. The summed E-state index contributed by atoms with van der Waals surface area (Å²) in [5.74, 6) is 2.13. The fourth-order valence-electron chi connectivity index (χ4n) is 3.12. The molecule has 114 valence electrons. The molecule has 21 heavy (non-hydrogen) atoms. The maximum atomic E-state index is 6.06.